The average Bonchev–Trinajstić information content (AvgIpc) is 2.57. The zero-order valence-electron chi connectivity index (χ0n) is 9.40. The Morgan fingerprint density at radius 2 is 2.31 bits per heavy atom. The van der Waals surface area contributed by atoms with E-state index in [9.17, 15) is 0 Å². The Morgan fingerprint density at radius 3 is 3.00 bits per heavy atom. The highest BCUT2D eigenvalue weighted by Gasteiger charge is 2.08. The quantitative estimate of drug-likeness (QED) is 0.785. The van der Waals surface area contributed by atoms with Gasteiger partial charge in [0.15, 0.2) is 0 Å². The molecule has 0 saturated carbocycles. The van der Waals surface area contributed by atoms with Crippen LogP contribution in [0.1, 0.15) is 11.4 Å². The Balaban J connectivity index is 2.61. The maximum absolute atomic E-state index is 5.57. The minimum atomic E-state index is 0.550. The summed E-state index contributed by atoms with van der Waals surface area (Å²) in [6, 6.07) is 6.21. The first-order valence-electron chi connectivity index (χ1n) is 5.35. The third-order valence-corrected chi connectivity index (χ3v) is 2.60. The lowest BCUT2D eigenvalue weighted by molar-refractivity contribution is 0.758. The lowest BCUT2D eigenvalue weighted by Gasteiger charge is -2.03. The molecule has 0 aliphatic rings. The molecule has 0 radical (unpaired) electrons. The van der Waals surface area contributed by atoms with E-state index in [4.69, 9.17) is 12.2 Å². The normalized spacial score (nSPS) is 10.6. The summed E-state index contributed by atoms with van der Waals surface area (Å²) < 4.78 is 2.06. The van der Waals surface area contributed by atoms with Crippen LogP contribution in [0.2, 0.25) is 0 Å². The molecule has 0 fully saturated rings. The van der Waals surface area contributed by atoms with Crippen molar-refractivity contribution in [1.82, 2.24) is 9.55 Å². The van der Waals surface area contributed by atoms with E-state index in [1.54, 1.807) is 0 Å². The number of fused-ring (bicyclic) bond motifs is 1. The molecule has 0 atom stereocenters. The molecule has 1 heterocycles. The smallest absolute Gasteiger partial charge is 0.111 e. The van der Waals surface area contributed by atoms with Crippen molar-refractivity contribution in [3.05, 3.63) is 29.6 Å². The van der Waals surface area contributed by atoms with Crippen molar-refractivity contribution in [3.63, 3.8) is 0 Å². The van der Waals surface area contributed by atoms with Crippen LogP contribution in [0, 0.1) is 19.3 Å². The molecular formula is C13H15N3. The van der Waals surface area contributed by atoms with E-state index in [0.717, 1.165) is 23.3 Å². The standard InChI is InChI=1S/C13H15N3/c1-3-8-16-12-5-4-10(2)9-11(12)15-13(16)6-7-14/h1,4-5,9H,6-8,14H2,2H3. The van der Waals surface area contributed by atoms with E-state index >= 15 is 0 Å². The fourth-order valence-corrected chi connectivity index (χ4v) is 1.88. The first-order valence-corrected chi connectivity index (χ1v) is 5.35. The zero-order chi connectivity index (χ0) is 11.5. The molecule has 0 amide bonds. The number of terminal acetylenes is 1. The van der Waals surface area contributed by atoms with Gasteiger partial charge in [-0.2, -0.15) is 0 Å². The number of hydrogen-bond acceptors (Lipinski definition) is 2. The molecule has 82 valence electrons. The van der Waals surface area contributed by atoms with Gasteiger partial charge in [-0.3, -0.25) is 0 Å². The number of rotatable bonds is 3. The first-order chi connectivity index (χ1) is 7.76. The number of nitrogens with zero attached hydrogens (tertiary/aromatic N) is 2. The Morgan fingerprint density at radius 1 is 1.50 bits per heavy atom. The van der Waals surface area contributed by atoms with Crippen LogP contribution < -0.4 is 5.73 Å². The van der Waals surface area contributed by atoms with Crippen LogP contribution in [0.4, 0.5) is 0 Å². The largest absolute Gasteiger partial charge is 0.330 e. The third-order valence-electron chi connectivity index (χ3n) is 2.60. The van der Waals surface area contributed by atoms with Crippen molar-refractivity contribution in [2.45, 2.75) is 19.9 Å². The molecule has 1 aromatic heterocycles. The van der Waals surface area contributed by atoms with Crippen molar-refractivity contribution in [3.8, 4) is 12.3 Å². The van der Waals surface area contributed by atoms with Crippen molar-refractivity contribution < 1.29 is 0 Å². The second-order valence-corrected chi connectivity index (χ2v) is 3.85. The molecular weight excluding hydrogens is 198 g/mol. The van der Waals surface area contributed by atoms with E-state index < -0.39 is 0 Å². The highest BCUT2D eigenvalue weighted by molar-refractivity contribution is 5.77. The SMILES string of the molecule is C#CCn1c(CCN)nc2cc(C)ccc21. The minimum absolute atomic E-state index is 0.550. The Hall–Kier alpha value is -1.79. The molecule has 0 bridgehead atoms. The molecule has 16 heavy (non-hydrogen) atoms. The van der Waals surface area contributed by atoms with Gasteiger partial charge in [0.2, 0.25) is 0 Å². The van der Waals surface area contributed by atoms with Gasteiger partial charge in [-0.15, -0.1) is 6.42 Å². The maximum Gasteiger partial charge on any atom is 0.111 e. The molecule has 0 aliphatic carbocycles. The fourth-order valence-electron chi connectivity index (χ4n) is 1.88. The highest BCUT2D eigenvalue weighted by Crippen LogP contribution is 2.17. The number of imidazole rings is 1. The molecule has 3 heteroatoms. The van der Waals surface area contributed by atoms with Gasteiger partial charge in [0.25, 0.3) is 0 Å². The van der Waals surface area contributed by atoms with Crippen molar-refractivity contribution in [2.24, 2.45) is 5.73 Å². The Kier molecular flexibility index (Phi) is 2.93. The van der Waals surface area contributed by atoms with Crippen molar-refractivity contribution >= 4 is 11.0 Å². The molecule has 2 N–H and O–H groups in total. The number of aromatic nitrogens is 2. The molecule has 0 spiro atoms. The zero-order valence-corrected chi connectivity index (χ0v) is 9.40. The van der Waals surface area contributed by atoms with Crippen molar-refractivity contribution in [1.29, 1.82) is 0 Å². The van der Waals surface area contributed by atoms with Crippen LogP contribution in [-0.4, -0.2) is 16.1 Å². The van der Waals surface area contributed by atoms with Gasteiger partial charge in [0, 0.05) is 6.42 Å². The lowest BCUT2D eigenvalue weighted by atomic mass is 10.2. The van der Waals surface area contributed by atoms with Crippen LogP contribution in [0.5, 0.6) is 0 Å². The monoisotopic (exact) mass is 213 g/mol. The fraction of sp³-hybridized carbons (Fsp3) is 0.308. The van der Waals surface area contributed by atoms with E-state index in [-0.39, 0.29) is 0 Å². The summed E-state index contributed by atoms with van der Waals surface area (Å²) in [4.78, 5) is 4.57. The second kappa shape index (κ2) is 4.38. The maximum atomic E-state index is 5.57. The molecule has 2 aromatic rings. The van der Waals surface area contributed by atoms with Gasteiger partial charge in [0.1, 0.15) is 5.82 Å². The Bertz CT molecular complexity index is 546. The van der Waals surface area contributed by atoms with Gasteiger partial charge >= 0.3 is 0 Å². The highest BCUT2D eigenvalue weighted by atomic mass is 15.1. The predicted molar refractivity (Wildman–Crippen MR) is 66.1 cm³/mol. The van der Waals surface area contributed by atoms with Gasteiger partial charge in [-0.1, -0.05) is 12.0 Å². The van der Waals surface area contributed by atoms with E-state index in [0.29, 0.717) is 13.1 Å². The molecule has 3 nitrogen and oxygen atoms in total. The van der Waals surface area contributed by atoms with E-state index in [1.165, 1.54) is 5.56 Å². The van der Waals surface area contributed by atoms with Crippen LogP contribution in [0.25, 0.3) is 11.0 Å². The first kappa shape index (κ1) is 10.7. The van der Waals surface area contributed by atoms with Crippen LogP contribution in [0.15, 0.2) is 18.2 Å². The second-order valence-electron chi connectivity index (χ2n) is 3.85. The third kappa shape index (κ3) is 1.80. The summed E-state index contributed by atoms with van der Waals surface area (Å²) >= 11 is 0. The lowest BCUT2D eigenvalue weighted by Crippen LogP contribution is -2.09. The minimum Gasteiger partial charge on any atom is -0.330 e. The summed E-state index contributed by atoms with van der Waals surface area (Å²) in [7, 11) is 0. The number of benzene rings is 1. The molecule has 1 aromatic carbocycles. The molecule has 0 saturated heterocycles. The van der Waals surface area contributed by atoms with Gasteiger partial charge in [-0.25, -0.2) is 4.98 Å². The van der Waals surface area contributed by atoms with Crippen molar-refractivity contribution in [2.75, 3.05) is 6.54 Å². The van der Waals surface area contributed by atoms with Crippen LogP contribution in [0.3, 0.4) is 0 Å². The topological polar surface area (TPSA) is 43.8 Å². The summed E-state index contributed by atoms with van der Waals surface area (Å²) in [6.45, 7) is 3.20. The summed E-state index contributed by atoms with van der Waals surface area (Å²) in [6.07, 6.45) is 6.14. The van der Waals surface area contributed by atoms with E-state index in [2.05, 4.69) is 40.6 Å². The summed E-state index contributed by atoms with van der Waals surface area (Å²) in [5, 5.41) is 0. The van der Waals surface area contributed by atoms with E-state index in [1.807, 2.05) is 0 Å². The van der Waals surface area contributed by atoms with Crippen LogP contribution in [-0.2, 0) is 13.0 Å². The number of hydrogen-bond donors (Lipinski definition) is 1. The molecule has 2 rings (SSSR count). The summed E-state index contributed by atoms with van der Waals surface area (Å²) in [5.41, 5.74) is 8.87. The van der Waals surface area contributed by atoms with Gasteiger partial charge in [0.05, 0.1) is 17.6 Å². The average molecular weight is 213 g/mol. The van der Waals surface area contributed by atoms with Crippen LogP contribution >= 0.6 is 0 Å². The van der Waals surface area contributed by atoms with Gasteiger partial charge in [-0.05, 0) is 31.2 Å². The molecule has 0 aliphatic heterocycles. The van der Waals surface area contributed by atoms with Gasteiger partial charge < -0.3 is 10.3 Å². The number of nitrogens with two attached hydrogens (primary N) is 1. The summed E-state index contributed by atoms with van der Waals surface area (Å²) in [5.74, 6) is 3.63. The Labute approximate surface area is 95.3 Å². The number of aryl methyl sites for hydroxylation is 1. The molecule has 0 unspecified atom stereocenters. The predicted octanol–water partition coefficient (Wildman–Crippen LogP) is 1.48.